The van der Waals surface area contributed by atoms with Crippen LogP contribution < -0.4 is 0 Å². The van der Waals surface area contributed by atoms with Gasteiger partial charge in [0.05, 0.1) is 6.10 Å². The van der Waals surface area contributed by atoms with Crippen molar-refractivity contribution in [1.29, 1.82) is 0 Å². The molecule has 0 amide bonds. The minimum absolute atomic E-state index is 0.00869. The zero-order valence-corrected chi connectivity index (χ0v) is 24.8. The van der Waals surface area contributed by atoms with Crippen LogP contribution in [0.5, 0.6) is 0 Å². The van der Waals surface area contributed by atoms with E-state index in [9.17, 15) is 5.11 Å². The lowest BCUT2D eigenvalue weighted by Crippen LogP contribution is -2.54. The third kappa shape index (κ3) is 5.29. The molecule has 0 heterocycles. The van der Waals surface area contributed by atoms with Gasteiger partial charge in [-0.05, 0) is 135 Å². The van der Waals surface area contributed by atoms with Crippen LogP contribution in [0.3, 0.4) is 0 Å². The quantitative estimate of drug-likeness (QED) is 0.410. The molecule has 1 heteroatoms. The van der Waals surface area contributed by atoms with E-state index in [4.69, 9.17) is 0 Å². The van der Waals surface area contributed by atoms with Crippen molar-refractivity contribution in [3.8, 4) is 0 Å². The van der Waals surface area contributed by atoms with Crippen molar-refractivity contribution in [3.63, 3.8) is 0 Å². The highest BCUT2D eigenvalue weighted by atomic mass is 16.3. The van der Waals surface area contributed by atoms with Crippen molar-refractivity contribution in [2.45, 2.75) is 151 Å². The summed E-state index contributed by atoms with van der Waals surface area (Å²) in [5.74, 6) is 8.57. The highest BCUT2D eigenvalue weighted by Gasteiger charge is 2.60. The van der Waals surface area contributed by atoms with Gasteiger partial charge in [0.15, 0.2) is 0 Å². The van der Waals surface area contributed by atoms with Gasteiger partial charge in [0, 0.05) is 0 Å². The lowest BCUT2D eigenvalue weighted by molar-refractivity contribution is -0.129. The van der Waals surface area contributed by atoms with Crippen molar-refractivity contribution >= 4 is 0 Å². The molecule has 9 atom stereocenters. The van der Waals surface area contributed by atoms with E-state index in [1.54, 1.807) is 0 Å². The van der Waals surface area contributed by atoms with Crippen LogP contribution in [-0.4, -0.2) is 11.2 Å². The monoisotopic (exact) mass is 486 g/mol. The van der Waals surface area contributed by atoms with E-state index in [0.717, 1.165) is 66.1 Å². The molecule has 0 saturated heterocycles. The molecule has 5 fully saturated rings. The van der Waals surface area contributed by atoms with Gasteiger partial charge in [0.25, 0.3) is 0 Å². The van der Waals surface area contributed by atoms with Crippen LogP contribution in [0.4, 0.5) is 0 Å². The van der Waals surface area contributed by atoms with Gasteiger partial charge in [0.1, 0.15) is 0 Å². The Morgan fingerprint density at radius 3 is 2.09 bits per heavy atom. The van der Waals surface area contributed by atoms with E-state index in [1.807, 2.05) is 13.8 Å². The summed E-state index contributed by atoms with van der Waals surface area (Å²) >= 11 is 0. The minimum atomic E-state index is -0.00869. The number of aliphatic hydroxyl groups is 1. The lowest BCUT2D eigenvalue weighted by Gasteiger charge is -2.61. The van der Waals surface area contributed by atoms with Gasteiger partial charge < -0.3 is 5.11 Å². The SMILES string of the molecule is CC.CC(C)C1CCC(CC[C@@H](C)C2CCC3C4CCC5CC(O)CCC5(C)C4CCC32C)CC1. The van der Waals surface area contributed by atoms with Crippen LogP contribution in [0.25, 0.3) is 0 Å². The highest BCUT2D eigenvalue weighted by Crippen LogP contribution is 2.68. The first kappa shape index (κ1) is 28.0. The van der Waals surface area contributed by atoms with Gasteiger partial charge in [-0.25, -0.2) is 0 Å². The second kappa shape index (κ2) is 11.4. The fourth-order valence-electron chi connectivity index (χ4n) is 11.1. The number of aliphatic hydroxyl groups excluding tert-OH is 1. The molecule has 0 bridgehead atoms. The van der Waals surface area contributed by atoms with Crippen LogP contribution in [0.2, 0.25) is 0 Å². The van der Waals surface area contributed by atoms with Gasteiger partial charge >= 0.3 is 0 Å². The van der Waals surface area contributed by atoms with E-state index in [0.29, 0.717) is 10.8 Å². The highest BCUT2D eigenvalue weighted by molar-refractivity contribution is 5.09. The molecule has 1 N–H and O–H groups in total. The fourth-order valence-corrected chi connectivity index (χ4v) is 11.1. The predicted octanol–water partition coefficient (Wildman–Crippen LogP) is 9.91. The van der Waals surface area contributed by atoms with E-state index in [-0.39, 0.29) is 6.10 Å². The summed E-state index contributed by atoms with van der Waals surface area (Å²) in [6.45, 7) is 16.9. The van der Waals surface area contributed by atoms with E-state index in [2.05, 4.69) is 34.6 Å². The second-order valence-electron chi connectivity index (χ2n) is 14.9. The molecule has 0 spiro atoms. The maximum absolute atomic E-state index is 10.3. The minimum Gasteiger partial charge on any atom is -0.393 e. The van der Waals surface area contributed by atoms with Crippen LogP contribution in [0, 0.1) is 64.1 Å². The number of fused-ring (bicyclic) bond motifs is 5. The predicted molar refractivity (Wildman–Crippen MR) is 151 cm³/mol. The van der Waals surface area contributed by atoms with Crippen molar-refractivity contribution < 1.29 is 5.11 Å². The lowest BCUT2D eigenvalue weighted by atomic mass is 9.44. The normalized spacial score (nSPS) is 48.3. The van der Waals surface area contributed by atoms with Crippen molar-refractivity contribution in [3.05, 3.63) is 0 Å². The molecule has 0 aliphatic heterocycles. The van der Waals surface area contributed by atoms with Gasteiger partial charge in [-0.15, -0.1) is 0 Å². The third-order valence-corrected chi connectivity index (χ3v) is 13.3. The molecule has 5 aliphatic carbocycles. The van der Waals surface area contributed by atoms with Crippen molar-refractivity contribution in [2.75, 3.05) is 0 Å². The Labute approximate surface area is 220 Å². The molecule has 0 radical (unpaired) electrons. The first-order valence-corrected chi connectivity index (χ1v) is 16.4. The summed E-state index contributed by atoms with van der Waals surface area (Å²) in [6, 6.07) is 0. The summed E-state index contributed by atoms with van der Waals surface area (Å²) in [6.07, 6.45) is 21.4. The topological polar surface area (TPSA) is 20.2 Å². The summed E-state index contributed by atoms with van der Waals surface area (Å²) < 4.78 is 0. The summed E-state index contributed by atoms with van der Waals surface area (Å²) in [5, 5.41) is 10.3. The maximum Gasteiger partial charge on any atom is 0.0543 e. The van der Waals surface area contributed by atoms with Crippen LogP contribution in [0.15, 0.2) is 0 Å². The Kier molecular flexibility index (Phi) is 9.09. The van der Waals surface area contributed by atoms with Crippen molar-refractivity contribution in [1.82, 2.24) is 0 Å². The first-order chi connectivity index (χ1) is 16.7. The molecule has 8 unspecified atom stereocenters. The van der Waals surface area contributed by atoms with Crippen molar-refractivity contribution in [2.24, 2.45) is 64.1 Å². The average Bonchev–Trinajstić information content (AvgIpc) is 3.22. The standard InChI is InChI=1S/C32H56O.C2H6/c1-21(2)24-10-8-23(9-11-24)7-6-22(3)28-14-15-29-27-13-12-25-20-26(33)16-18-31(25,4)30(27)17-19-32(28,29)5;1-2/h21-30,33H,6-20H2,1-5H3;1-2H3/t22-,23?,24?,25?,26?,27?,28?,29?,30?,31?,32?;/m1./s1. The summed E-state index contributed by atoms with van der Waals surface area (Å²) in [5.41, 5.74) is 1.15. The Morgan fingerprint density at radius 2 is 1.40 bits per heavy atom. The molecule has 5 aliphatic rings. The molecular weight excluding hydrogens is 424 g/mol. The van der Waals surface area contributed by atoms with Gasteiger partial charge in [-0.2, -0.15) is 0 Å². The summed E-state index contributed by atoms with van der Waals surface area (Å²) in [4.78, 5) is 0. The van der Waals surface area contributed by atoms with E-state index in [1.165, 1.54) is 83.5 Å². The first-order valence-electron chi connectivity index (χ1n) is 16.4. The molecule has 1 nitrogen and oxygen atoms in total. The Balaban J connectivity index is 0.00000141. The maximum atomic E-state index is 10.3. The fraction of sp³-hybridized carbons (Fsp3) is 1.00. The number of hydrogen-bond donors (Lipinski definition) is 1. The molecule has 5 saturated carbocycles. The molecule has 0 aromatic carbocycles. The van der Waals surface area contributed by atoms with Crippen LogP contribution >= 0.6 is 0 Å². The van der Waals surface area contributed by atoms with Crippen LogP contribution in [0.1, 0.15) is 145 Å². The van der Waals surface area contributed by atoms with Gasteiger partial charge in [-0.1, -0.05) is 74.1 Å². The molecule has 204 valence electrons. The third-order valence-electron chi connectivity index (χ3n) is 13.3. The number of hydrogen-bond acceptors (Lipinski definition) is 1. The molecule has 35 heavy (non-hydrogen) atoms. The van der Waals surface area contributed by atoms with E-state index >= 15 is 0 Å². The number of rotatable bonds is 5. The Morgan fingerprint density at radius 1 is 0.743 bits per heavy atom. The Bertz CT molecular complexity index is 662. The second-order valence-corrected chi connectivity index (χ2v) is 14.9. The van der Waals surface area contributed by atoms with Gasteiger partial charge in [0.2, 0.25) is 0 Å². The molecule has 5 rings (SSSR count). The zero-order chi connectivity index (χ0) is 25.4. The smallest absolute Gasteiger partial charge is 0.0543 e. The van der Waals surface area contributed by atoms with Gasteiger partial charge in [-0.3, -0.25) is 0 Å². The van der Waals surface area contributed by atoms with Crippen LogP contribution in [-0.2, 0) is 0 Å². The van der Waals surface area contributed by atoms with E-state index < -0.39 is 0 Å². The Hall–Kier alpha value is -0.0400. The molecule has 0 aromatic rings. The average molecular weight is 487 g/mol. The largest absolute Gasteiger partial charge is 0.393 e. The zero-order valence-electron chi connectivity index (χ0n) is 24.8. The molecular formula is C34H62O. The summed E-state index contributed by atoms with van der Waals surface area (Å²) in [7, 11) is 0. The molecule has 0 aromatic heterocycles.